The zero-order valence-corrected chi connectivity index (χ0v) is 13.6. The van der Waals surface area contributed by atoms with Crippen LogP contribution in [0.1, 0.15) is 27.7 Å². The van der Waals surface area contributed by atoms with Crippen LogP contribution in [0.5, 0.6) is 0 Å². The standard InChI is InChI=1S/2C7H9.2ClH.V/c2*1-6-4-3-5-7(6)2;;;/h2*3-5H,1-2H3;2*1H;/q;;;;+2/p-2. The molecule has 2 unspecified atom stereocenters. The third-order valence-electron chi connectivity index (χ3n) is 3.60. The second kappa shape index (κ2) is 5.84. The van der Waals surface area contributed by atoms with Crippen LogP contribution in [0.3, 0.4) is 0 Å². The third kappa shape index (κ3) is 3.12. The van der Waals surface area contributed by atoms with Crippen molar-refractivity contribution in [2.45, 2.75) is 35.9 Å². The van der Waals surface area contributed by atoms with Gasteiger partial charge in [-0.25, -0.2) is 0 Å². The first-order chi connectivity index (χ1) is 6.96. The van der Waals surface area contributed by atoms with Gasteiger partial charge in [-0.05, 0) is 0 Å². The van der Waals surface area contributed by atoms with E-state index < -0.39 is 0 Å². The largest absolute Gasteiger partial charge is 1.00 e. The Kier molecular flexibility index (Phi) is 5.89. The van der Waals surface area contributed by atoms with Crippen molar-refractivity contribution in [2.24, 2.45) is 0 Å². The van der Waals surface area contributed by atoms with Crippen LogP contribution in [0, 0.1) is 0 Å². The zero-order chi connectivity index (χ0) is 11.1. The smallest absolute Gasteiger partial charge is 1.00 e. The molecule has 2 atom stereocenters. The SMILES string of the molecule is CC1=CC=C[C]1(C)[V+2][C]1(C)C=CC=C1C.[Cl-].[Cl-]. The second-order valence-corrected chi connectivity index (χ2v) is 8.08. The molecule has 0 radical (unpaired) electrons. The Bertz CT molecular complexity index is 368. The van der Waals surface area contributed by atoms with Gasteiger partial charge in [0.15, 0.2) is 0 Å². The Labute approximate surface area is 124 Å². The molecular weight excluding hydrogens is 290 g/mol. The molecule has 0 spiro atoms. The second-order valence-electron chi connectivity index (χ2n) is 4.82. The summed E-state index contributed by atoms with van der Waals surface area (Å²) in [6.07, 6.45) is 13.7. The van der Waals surface area contributed by atoms with Crippen LogP contribution >= 0.6 is 0 Å². The van der Waals surface area contributed by atoms with Crippen molar-refractivity contribution in [1.29, 1.82) is 0 Å². The van der Waals surface area contributed by atoms with E-state index in [1.54, 1.807) is 0 Å². The fraction of sp³-hybridized carbons (Fsp3) is 0.429. The molecule has 0 heterocycles. The number of hydrogen-bond donors (Lipinski definition) is 0. The molecule has 0 aromatic heterocycles. The molecule has 0 saturated carbocycles. The van der Waals surface area contributed by atoms with E-state index in [0.29, 0.717) is 8.25 Å². The van der Waals surface area contributed by atoms with Crippen LogP contribution in [0.25, 0.3) is 0 Å². The van der Waals surface area contributed by atoms with Crippen LogP contribution in [-0.4, -0.2) is 0 Å². The Morgan fingerprint density at radius 3 is 1.41 bits per heavy atom. The minimum absolute atomic E-state index is 0. The number of halogens is 2. The van der Waals surface area contributed by atoms with Gasteiger partial charge in [-0.2, -0.15) is 0 Å². The van der Waals surface area contributed by atoms with Crippen molar-refractivity contribution < 1.29 is 41.1 Å². The van der Waals surface area contributed by atoms with Crippen molar-refractivity contribution in [2.75, 3.05) is 0 Å². The van der Waals surface area contributed by atoms with Gasteiger partial charge >= 0.3 is 99.8 Å². The molecule has 0 fully saturated rings. The Morgan fingerprint density at radius 1 is 0.824 bits per heavy atom. The van der Waals surface area contributed by atoms with Gasteiger partial charge in [0, 0.05) is 0 Å². The normalized spacial score (nSPS) is 33.4. The van der Waals surface area contributed by atoms with Gasteiger partial charge in [-0.1, -0.05) is 0 Å². The molecule has 2 rings (SSSR count). The summed E-state index contributed by atoms with van der Waals surface area (Å²) in [7, 11) is 0. The summed E-state index contributed by atoms with van der Waals surface area (Å²) in [6.45, 7) is 9.29. The summed E-state index contributed by atoms with van der Waals surface area (Å²) in [5, 5.41) is 0. The van der Waals surface area contributed by atoms with Gasteiger partial charge < -0.3 is 24.8 Å². The maximum atomic E-state index is 2.38. The molecule has 0 amide bonds. The monoisotopic (exact) mass is 307 g/mol. The van der Waals surface area contributed by atoms with Crippen LogP contribution in [-0.2, 0) is 16.3 Å². The summed E-state index contributed by atoms with van der Waals surface area (Å²) in [5.74, 6) is 0. The van der Waals surface area contributed by atoms with E-state index in [1.807, 2.05) is 0 Å². The molecule has 0 aromatic rings. The molecule has 0 aromatic carbocycles. The number of rotatable bonds is 2. The van der Waals surface area contributed by atoms with E-state index in [0.717, 1.165) is 0 Å². The maximum absolute atomic E-state index is 2.38. The molecule has 0 saturated heterocycles. The van der Waals surface area contributed by atoms with Crippen molar-refractivity contribution >= 4 is 0 Å². The first-order valence-electron chi connectivity index (χ1n) is 5.44. The number of allylic oxidation sites excluding steroid dienone is 8. The fourth-order valence-corrected chi connectivity index (χ4v) is 4.89. The van der Waals surface area contributed by atoms with Gasteiger partial charge in [-0.15, -0.1) is 0 Å². The maximum Gasteiger partial charge on any atom is -1.00 e. The van der Waals surface area contributed by atoms with Gasteiger partial charge in [0.05, 0.1) is 0 Å². The van der Waals surface area contributed by atoms with Crippen LogP contribution in [0.2, 0.25) is 8.25 Å². The van der Waals surface area contributed by atoms with E-state index in [9.17, 15) is 0 Å². The quantitative estimate of drug-likeness (QED) is 0.580. The van der Waals surface area contributed by atoms with Crippen LogP contribution in [0.15, 0.2) is 47.6 Å². The molecule has 2 aliphatic carbocycles. The Balaban J connectivity index is 0.00000128. The molecule has 0 aliphatic heterocycles. The number of hydrogen-bond acceptors (Lipinski definition) is 0. The van der Waals surface area contributed by atoms with Gasteiger partial charge in [-0.3, -0.25) is 0 Å². The topological polar surface area (TPSA) is 0 Å². The predicted octanol–water partition coefficient (Wildman–Crippen LogP) is -1.53. The minimum Gasteiger partial charge on any atom is -1.00 e. The minimum atomic E-state index is 0. The zero-order valence-electron chi connectivity index (χ0n) is 10.7. The fourth-order valence-electron chi connectivity index (χ4n) is 2.09. The average Bonchev–Trinajstić information content (AvgIpc) is 2.61. The van der Waals surface area contributed by atoms with Gasteiger partial charge in [0.2, 0.25) is 0 Å². The van der Waals surface area contributed by atoms with E-state index in [1.165, 1.54) is 11.1 Å². The van der Waals surface area contributed by atoms with Crippen molar-refractivity contribution in [3.8, 4) is 0 Å². The van der Waals surface area contributed by atoms with Crippen LogP contribution in [0.4, 0.5) is 0 Å². The van der Waals surface area contributed by atoms with Crippen LogP contribution < -0.4 is 24.8 Å². The summed E-state index contributed by atoms with van der Waals surface area (Å²) in [5.41, 5.74) is 3.05. The Morgan fingerprint density at radius 2 is 1.18 bits per heavy atom. The molecular formula is C14H18Cl2V. The summed E-state index contributed by atoms with van der Waals surface area (Å²) in [4.78, 5) is 0. The van der Waals surface area contributed by atoms with E-state index in [-0.39, 0.29) is 41.1 Å². The summed E-state index contributed by atoms with van der Waals surface area (Å²) < 4.78 is 0.685. The van der Waals surface area contributed by atoms with Gasteiger partial charge in [0.1, 0.15) is 0 Å². The first kappa shape index (κ1) is 17.1. The molecule has 0 N–H and O–H groups in total. The first-order valence-corrected chi connectivity index (χ1v) is 6.83. The molecule has 93 valence electrons. The van der Waals surface area contributed by atoms with Crippen molar-refractivity contribution in [3.05, 3.63) is 47.6 Å². The predicted molar refractivity (Wildman–Crippen MR) is 62.5 cm³/mol. The summed E-state index contributed by atoms with van der Waals surface area (Å²) in [6, 6.07) is 0. The Hall–Kier alpha value is 0.124. The summed E-state index contributed by atoms with van der Waals surface area (Å²) >= 11 is 0.225. The van der Waals surface area contributed by atoms with Crippen molar-refractivity contribution in [3.63, 3.8) is 0 Å². The van der Waals surface area contributed by atoms with E-state index in [2.05, 4.69) is 64.2 Å². The van der Waals surface area contributed by atoms with Crippen molar-refractivity contribution in [1.82, 2.24) is 0 Å². The van der Waals surface area contributed by atoms with E-state index >= 15 is 0 Å². The molecule has 2 aliphatic rings. The average molecular weight is 308 g/mol. The third-order valence-corrected chi connectivity index (χ3v) is 6.61. The molecule has 0 nitrogen and oxygen atoms in total. The van der Waals surface area contributed by atoms with Gasteiger partial charge in [0.25, 0.3) is 0 Å². The molecule has 17 heavy (non-hydrogen) atoms. The molecule has 0 bridgehead atoms. The van der Waals surface area contributed by atoms with E-state index in [4.69, 9.17) is 0 Å². The molecule has 3 heteroatoms.